The van der Waals surface area contributed by atoms with Crippen molar-refractivity contribution in [3.63, 3.8) is 0 Å². The van der Waals surface area contributed by atoms with Crippen LogP contribution in [0.5, 0.6) is 0 Å². The molecule has 0 N–H and O–H groups in total. The Labute approximate surface area is 312 Å². The SMILES string of the molecule is C=C1CCC[C@H]2O[C@@H](C=C[C@@H]2OC)CC=CC(=O)O[C@H]([C@H](C=C[C@@H]2CC(C)=CCO2)O[Si](C)(C)C(C)(C)C)CC=CC(O[Si](C)(C)C(C)(C)C)C1. The predicted molar refractivity (Wildman–Crippen MR) is 215 cm³/mol. The summed E-state index contributed by atoms with van der Waals surface area (Å²) in [4.78, 5) is 13.5. The lowest BCUT2D eigenvalue weighted by Crippen LogP contribution is -2.47. The van der Waals surface area contributed by atoms with Crippen molar-refractivity contribution in [2.24, 2.45) is 0 Å². The summed E-state index contributed by atoms with van der Waals surface area (Å²) in [6.07, 6.45) is 21.9. The average molecular weight is 743 g/mol. The number of rotatable bonds is 8. The highest BCUT2D eigenvalue weighted by Gasteiger charge is 2.41. The van der Waals surface area contributed by atoms with E-state index < -0.39 is 34.8 Å². The number of carbonyl (C=O) groups is 1. The molecule has 3 heterocycles. The molecular weight excluding hydrogens is 673 g/mol. The number of methoxy groups -OCH3 is 1. The topological polar surface area (TPSA) is 72.5 Å². The molecule has 1 unspecified atom stereocenters. The highest BCUT2D eigenvalue weighted by atomic mass is 28.4. The molecular formula is C42H70O7Si2. The molecule has 0 spiro atoms. The molecule has 0 amide bonds. The van der Waals surface area contributed by atoms with Gasteiger partial charge in [0, 0.05) is 19.6 Å². The number of fused-ring (bicyclic) bond motifs is 2. The Balaban J connectivity index is 2.02. The lowest BCUT2D eigenvalue weighted by molar-refractivity contribution is -0.146. The van der Waals surface area contributed by atoms with Gasteiger partial charge in [0.15, 0.2) is 16.6 Å². The highest BCUT2D eigenvalue weighted by molar-refractivity contribution is 6.74. The first-order chi connectivity index (χ1) is 23.7. The lowest BCUT2D eigenvalue weighted by atomic mass is 9.98. The zero-order valence-electron chi connectivity index (χ0n) is 34.0. The molecule has 9 heteroatoms. The molecule has 3 aliphatic heterocycles. The minimum atomic E-state index is -2.28. The van der Waals surface area contributed by atoms with Crippen molar-refractivity contribution in [3.05, 3.63) is 72.4 Å². The smallest absolute Gasteiger partial charge is 0.330 e. The number of hydrogen-bond donors (Lipinski definition) is 0. The molecule has 51 heavy (non-hydrogen) atoms. The van der Waals surface area contributed by atoms with Gasteiger partial charge in [0.2, 0.25) is 0 Å². The zero-order chi connectivity index (χ0) is 38.0. The molecule has 0 aromatic rings. The number of cyclic esters (lactones) is 1. The molecule has 0 fully saturated rings. The maximum atomic E-state index is 13.5. The summed E-state index contributed by atoms with van der Waals surface area (Å²) in [5, 5.41) is 0.0163. The number of esters is 1. The second-order valence-corrected chi connectivity index (χ2v) is 27.2. The Morgan fingerprint density at radius 1 is 0.961 bits per heavy atom. The first-order valence-corrected chi connectivity index (χ1v) is 24.9. The van der Waals surface area contributed by atoms with Crippen molar-refractivity contribution < 1.29 is 32.6 Å². The van der Waals surface area contributed by atoms with E-state index in [1.54, 1.807) is 7.11 Å². The van der Waals surface area contributed by atoms with E-state index in [1.807, 2.05) is 12.2 Å². The van der Waals surface area contributed by atoms with Crippen LogP contribution < -0.4 is 0 Å². The second-order valence-electron chi connectivity index (χ2n) is 17.7. The Hall–Kier alpha value is -1.86. The van der Waals surface area contributed by atoms with Gasteiger partial charge in [-0.25, -0.2) is 4.79 Å². The molecule has 0 aliphatic carbocycles. The molecule has 0 saturated carbocycles. The van der Waals surface area contributed by atoms with E-state index in [4.69, 9.17) is 27.8 Å². The van der Waals surface area contributed by atoms with Crippen LogP contribution in [0, 0.1) is 0 Å². The van der Waals surface area contributed by atoms with Crippen molar-refractivity contribution in [3.8, 4) is 0 Å². The fraction of sp³-hybridized carbons (Fsp3) is 0.690. The Morgan fingerprint density at radius 2 is 1.67 bits per heavy atom. The van der Waals surface area contributed by atoms with E-state index >= 15 is 0 Å². The first-order valence-electron chi connectivity index (χ1n) is 19.1. The lowest BCUT2D eigenvalue weighted by Gasteiger charge is -2.40. The molecule has 7 atom stereocenters. The molecule has 3 aliphatic rings. The third-order valence-electron chi connectivity index (χ3n) is 11.3. The van der Waals surface area contributed by atoms with Gasteiger partial charge in [0.25, 0.3) is 0 Å². The third kappa shape index (κ3) is 13.8. The molecule has 0 aromatic carbocycles. The summed E-state index contributed by atoms with van der Waals surface area (Å²) in [5.74, 6) is -0.395. The molecule has 7 nitrogen and oxygen atoms in total. The Morgan fingerprint density at radius 3 is 2.31 bits per heavy atom. The zero-order valence-corrected chi connectivity index (χ0v) is 36.0. The van der Waals surface area contributed by atoms with Crippen molar-refractivity contribution >= 4 is 22.6 Å². The van der Waals surface area contributed by atoms with Crippen LogP contribution in [0.4, 0.5) is 0 Å². The highest BCUT2D eigenvalue weighted by Crippen LogP contribution is 2.40. The number of hydrogen-bond acceptors (Lipinski definition) is 7. The summed E-state index contributed by atoms with van der Waals surface area (Å²) in [7, 11) is -2.67. The van der Waals surface area contributed by atoms with Gasteiger partial charge in [0.1, 0.15) is 18.3 Å². The van der Waals surface area contributed by atoms with Crippen LogP contribution in [-0.4, -0.2) is 79.0 Å². The largest absolute Gasteiger partial charge is 0.456 e. The van der Waals surface area contributed by atoms with Gasteiger partial charge < -0.3 is 27.8 Å². The number of carbonyl (C=O) groups excluding carboxylic acids is 1. The minimum Gasteiger partial charge on any atom is -0.456 e. The van der Waals surface area contributed by atoms with E-state index in [0.29, 0.717) is 19.4 Å². The summed E-state index contributed by atoms with van der Waals surface area (Å²) in [5.41, 5.74) is 2.47. The number of ether oxygens (including phenoxy) is 4. The van der Waals surface area contributed by atoms with Crippen LogP contribution in [0.2, 0.25) is 36.3 Å². The molecule has 3 rings (SSSR count). The van der Waals surface area contributed by atoms with Crippen LogP contribution in [-0.2, 0) is 32.6 Å². The Bertz CT molecular complexity index is 1300. The average Bonchev–Trinajstić information content (AvgIpc) is 3.01. The summed E-state index contributed by atoms with van der Waals surface area (Å²) < 4.78 is 38.6. The van der Waals surface area contributed by atoms with Crippen molar-refractivity contribution in [1.82, 2.24) is 0 Å². The third-order valence-corrected chi connectivity index (χ3v) is 20.2. The van der Waals surface area contributed by atoms with Crippen molar-refractivity contribution in [2.45, 2.75) is 172 Å². The van der Waals surface area contributed by atoms with E-state index in [0.717, 1.165) is 37.7 Å². The van der Waals surface area contributed by atoms with E-state index in [9.17, 15) is 4.79 Å². The summed E-state index contributed by atoms with van der Waals surface area (Å²) in [6.45, 7) is 29.8. The standard InChI is InChI=1S/C42H70O7Si2/c1-31-17-14-20-37-36(44-9)25-23-33(46-37)18-16-22-40(43)47-38(21-15-19-35(30-31)48-50(10,11)41(3,4)5)39(49-51(12,13)42(6,7)8)26-24-34-29-32(2)27-28-45-34/h15-16,19,22-27,33-39H,1,14,17-18,20-21,28-30H2,2-13H3/t33-,34-,35?,36+,37-,38+,39+/m1/s1. The monoisotopic (exact) mass is 742 g/mol. The van der Waals surface area contributed by atoms with Gasteiger partial charge in [-0.05, 0) is 81.7 Å². The van der Waals surface area contributed by atoms with E-state index in [-0.39, 0.29) is 40.6 Å². The van der Waals surface area contributed by atoms with Crippen molar-refractivity contribution in [2.75, 3.05) is 13.7 Å². The molecule has 0 aromatic heterocycles. The van der Waals surface area contributed by atoms with Gasteiger partial charge in [-0.1, -0.05) is 108 Å². The fourth-order valence-corrected chi connectivity index (χ4v) is 8.47. The van der Waals surface area contributed by atoms with Crippen LogP contribution in [0.15, 0.2) is 72.4 Å². The van der Waals surface area contributed by atoms with Crippen molar-refractivity contribution in [1.29, 1.82) is 0 Å². The quantitative estimate of drug-likeness (QED) is 0.139. The van der Waals surface area contributed by atoms with E-state index in [2.05, 4.69) is 118 Å². The van der Waals surface area contributed by atoms with Gasteiger partial charge in [-0.2, -0.15) is 0 Å². The second kappa shape index (κ2) is 18.9. The fourth-order valence-electron chi connectivity index (χ4n) is 5.93. The van der Waals surface area contributed by atoms with Gasteiger partial charge in [-0.3, -0.25) is 0 Å². The van der Waals surface area contributed by atoms with Crippen LogP contribution in [0.1, 0.15) is 93.4 Å². The molecule has 288 valence electrons. The van der Waals surface area contributed by atoms with Crippen LogP contribution >= 0.6 is 0 Å². The summed E-state index contributed by atoms with van der Waals surface area (Å²) in [6, 6.07) is 0. The van der Waals surface area contributed by atoms with Crippen LogP contribution in [0.25, 0.3) is 0 Å². The first kappa shape index (κ1) is 43.5. The maximum Gasteiger partial charge on any atom is 0.330 e. The predicted octanol–water partition coefficient (Wildman–Crippen LogP) is 10.3. The minimum absolute atomic E-state index is 0.0370. The maximum absolute atomic E-state index is 13.5. The Kier molecular flexibility index (Phi) is 16.2. The van der Waals surface area contributed by atoms with Gasteiger partial charge >= 0.3 is 5.97 Å². The van der Waals surface area contributed by atoms with Gasteiger partial charge in [0.05, 0.1) is 31.0 Å². The summed E-state index contributed by atoms with van der Waals surface area (Å²) >= 11 is 0. The van der Waals surface area contributed by atoms with E-state index in [1.165, 1.54) is 11.6 Å². The molecule has 2 bridgehead atoms. The van der Waals surface area contributed by atoms with Gasteiger partial charge in [-0.15, -0.1) is 0 Å². The normalized spacial score (nSPS) is 29.0. The molecule has 0 saturated heterocycles. The molecule has 0 radical (unpaired) electrons. The van der Waals surface area contributed by atoms with Crippen LogP contribution in [0.3, 0.4) is 0 Å².